The monoisotopic (exact) mass is 660 g/mol. The Balaban J connectivity index is 0.00000337. The minimum absolute atomic E-state index is 0. The van der Waals surface area contributed by atoms with E-state index < -0.39 is 17.6 Å². The molecule has 0 radical (unpaired) electrons. The van der Waals surface area contributed by atoms with Crippen LogP contribution < -0.4 is 0 Å². The molecule has 1 saturated carbocycles. The number of hydrogen-bond donors (Lipinski definition) is 0. The fourth-order valence-corrected chi connectivity index (χ4v) is 7.11. The summed E-state index contributed by atoms with van der Waals surface area (Å²) in [6.07, 6.45) is 1.61. The molecule has 0 aromatic heterocycles. The zero-order chi connectivity index (χ0) is 31.1. The van der Waals surface area contributed by atoms with Gasteiger partial charge < -0.3 is 14.7 Å². The van der Waals surface area contributed by atoms with Crippen LogP contribution in [0.1, 0.15) is 85.1 Å². The summed E-state index contributed by atoms with van der Waals surface area (Å²) in [5.74, 6) is -0.556. The number of hydrogen-bond acceptors (Lipinski definition) is 4. The van der Waals surface area contributed by atoms with Crippen molar-refractivity contribution >= 4 is 41.7 Å². The van der Waals surface area contributed by atoms with Crippen LogP contribution in [0.2, 0.25) is 5.02 Å². The summed E-state index contributed by atoms with van der Waals surface area (Å²) < 4.78 is 14.1. The number of likely N-dealkylation sites (tertiary alicyclic amines) is 2. The molecule has 4 rings (SSSR count). The van der Waals surface area contributed by atoms with Crippen LogP contribution in [-0.4, -0.2) is 101 Å². The Hall–Kier alpha value is -1.97. The first-order valence-electron chi connectivity index (χ1n) is 15.5. The highest BCUT2D eigenvalue weighted by Crippen LogP contribution is 2.40. The average molecular weight is 662 g/mol. The molecule has 1 aromatic carbocycles. The van der Waals surface area contributed by atoms with Crippen LogP contribution in [0.15, 0.2) is 24.3 Å². The van der Waals surface area contributed by atoms with Crippen LogP contribution in [0.25, 0.3) is 0 Å². The summed E-state index contributed by atoms with van der Waals surface area (Å²) in [4.78, 5) is 49.7. The van der Waals surface area contributed by atoms with Crippen molar-refractivity contribution in [2.24, 2.45) is 11.3 Å². The zero-order valence-electron chi connectivity index (χ0n) is 27.5. The van der Waals surface area contributed by atoms with E-state index in [1.54, 1.807) is 23.9 Å². The smallest absolute Gasteiger partial charge is 0.244 e. The molecule has 1 aliphatic carbocycles. The maximum absolute atomic E-state index is 14.6. The fraction of sp³-hybridized carbons (Fsp3) is 0.727. The SMILES string of the molecule is CN(C)C(=O)[C@@H]1C[C@H](N(C(=O)C(C)(C)C)C2CCC(F)CC2)CN1C(=O)[C@@H]1CN(C(C)(C)C)C[C@H]1c1ccc(Cl)cc1.Cl.F. The molecule has 4 atom stereocenters. The molecule has 2 saturated heterocycles. The van der Waals surface area contributed by atoms with E-state index in [0.717, 1.165) is 12.1 Å². The zero-order valence-corrected chi connectivity index (χ0v) is 29.1. The lowest BCUT2D eigenvalue weighted by molar-refractivity contribution is -0.147. The summed E-state index contributed by atoms with van der Waals surface area (Å²) in [5, 5.41) is 0.650. The maximum atomic E-state index is 14.6. The summed E-state index contributed by atoms with van der Waals surface area (Å²) in [7, 11) is 3.43. The van der Waals surface area contributed by atoms with Gasteiger partial charge in [0.1, 0.15) is 12.2 Å². The van der Waals surface area contributed by atoms with Gasteiger partial charge in [-0.05, 0) is 70.6 Å². The molecule has 3 amide bonds. The van der Waals surface area contributed by atoms with Crippen molar-refractivity contribution in [1.82, 2.24) is 19.6 Å². The molecule has 3 fully saturated rings. The lowest BCUT2D eigenvalue weighted by Gasteiger charge is -2.42. The quantitative estimate of drug-likeness (QED) is 0.392. The van der Waals surface area contributed by atoms with E-state index >= 15 is 0 Å². The van der Waals surface area contributed by atoms with Crippen LogP contribution in [0.5, 0.6) is 0 Å². The summed E-state index contributed by atoms with van der Waals surface area (Å²) in [6, 6.07) is 6.68. The van der Waals surface area contributed by atoms with Crippen molar-refractivity contribution < 1.29 is 23.5 Å². The highest BCUT2D eigenvalue weighted by atomic mass is 35.5. The molecule has 0 N–H and O–H groups in total. The third-order valence-electron chi connectivity index (χ3n) is 9.46. The summed E-state index contributed by atoms with van der Waals surface area (Å²) in [5.41, 5.74) is 0.295. The maximum Gasteiger partial charge on any atom is 0.244 e. The Bertz CT molecular complexity index is 1150. The van der Waals surface area contributed by atoms with E-state index in [9.17, 15) is 18.8 Å². The first kappa shape index (κ1) is 38.2. The minimum Gasteiger partial charge on any atom is -0.347 e. The third kappa shape index (κ3) is 8.24. The van der Waals surface area contributed by atoms with Crippen LogP contribution >= 0.6 is 24.0 Å². The summed E-state index contributed by atoms with van der Waals surface area (Å²) in [6.45, 7) is 13.8. The van der Waals surface area contributed by atoms with Crippen LogP contribution in [0, 0.1) is 11.3 Å². The first-order valence-corrected chi connectivity index (χ1v) is 15.9. The number of amides is 3. The highest BCUT2D eigenvalue weighted by Gasteiger charge is 2.51. The Labute approximate surface area is 273 Å². The number of halogens is 4. The Kier molecular flexibility index (Phi) is 12.7. The lowest BCUT2D eigenvalue weighted by atomic mass is 9.87. The summed E-state index contributed by atoms with van der Waals surface area (Å²) >= 11 is 6.20. The van der Waals surface area contributed by atoms with Crippen molar-refractivity contribution in [3.05, 3.63) is 34.9 Å². The van der Waals surface area contributed by atoms with Gasteiger partial charge >= 0.3 is 0 Å². The molecule has 7 nitrogen and oxygen atoms in total. The molecular weight excluding hydrogens is 609 g/mol. The predicted molar refractivity (Wildman–Crippen MR) is 175 cm³/mol. The van der Waals surface area contributed by atoms with Gasteiger partial charge in [0, 0.05) is 61.7 Å². The first-order chi connectivity index (χ1) is 19.5. The van der Waals surface area contributed by atoms with E-state index in [4.69, 9.17) is 11.6 Å². The number of nitrogens with zero attached hydrogens (tertiary/aromatic N) is 4. The van der Waals surface area contributed by atoms with Crippen molar-refractivity contribution in [3.63, 3.8) is 0 Å². The standard InChI is InChI=1S/C33H50ClFN4O3.ClH.FH/c1-32(2,3)31(42)39(24-15-13-23(35)14-16-24)25-17-28(30(41)36(7)8)38(18-25)29(40)27-20-37(33(4,5)6)19-26(27)21-9-11-22(34)12-10-21;;/h9-12,23-28H,13-20H2,1-8H3;2*1H/t23?,24?,25-,26-,27+,28-;;/m0../s1. The van der Waals surface area contributed by atoms with E-state index in [1.165, 1.54) is 0 Å². The van der Waals surface area contributed by atoms with Gasteiger partial charge in [0.25, 0.3) is 0 Å². The molecule has 1 aromatic rings. The van der Waals surface area contributed by atoms with E-state index in [1.807, 2.05) is 49.9 Å². The van der Waals surface area contributed by atoms with Gasteiger partial charge in [0.05, 0.1) is 12.0 Å². The second kappa shape index (κ2) is 14.6. The number of benzene rings is 1. The van der Waals surface area contributed by atoms with Crippen molar-refractivity contribution in [2.45, 2.75) is 109 Å². The minimum atomic E-state index is -0.838. The molecular formula is C33H52Cl2F2N4O3. The average Bonchev–Trinajstić information content (AvgIpc) is 3.55. The second-order valence-electron chi connectivity index (χ2n) is 14.8. The molecule has 3 aliphatic rings. The molecule has 0 unspecified atom stereocenters. The van der Waals surface area contributed by atoms with Gasteiger partial charge in [-0.1, -0.05) is 44.5 Å². The Morgan fingerprint density at radius 2 is 1.45 bits per heavy atom. The number of carbonyl (C=O) groups is 3. The van der Waals surface area contributed by atoms with Gasteiger partial charge in [0.15, 0.2) is 0 Å². The lowest BCUT2D eigenvalue weighted by Crippen LogP contribution is -2.53. The van der Waals surface area contributed by atoms with Crippen LogP contribution in [0.3, 0.4) is 0 Å². The van der Waals surface area contributed by atoms with Gasteiger partial charge in [0.2, 0.25) is 17.7 Å². The Morgan fingerprint density at radius 3 is 1.95 bits per heavy atom. The highest BCUT2D eigenvalue weighted by molar-refractivity contribution is 6.30. The molecule has 0 spiro atoms. The van der Waals surface area contributed by atoms with Crippen molar-refractivity contribution in [3.8, 4) is 0 Å². The molecule has 2 aliphatic heterocycles. The topological polar surface area (TPSA) is 64.2 Å². The number of alkyl halides is 1. The number of carbonyl (C=O) groups excluding carboxylic acids is 3. The predicted octanol–water partition coefficient (Wildman–Crippen LogP) is 5.94. The molecule has 250 valence electrons. The molecule has 11 heteroatoms. The number of rotatable bonds is 5. The van der Waals surface area contributed by atoms with Crippen LogP contribution in [0.4, 0.5) is 9.09 Å². The van der Waals surface area contributed by atoms with E-state index in [2.05, 4.69) is 25.7 Å². The second-order valence-corrected chi connectivity index (χ2v) is 15.3. The van der Waals surface area contributed by atoms with Gasteiger partial charge in [-0.2, -0.15) is 0 Å². The van der Waals surface area contributed by atoms with Gasteiger partial charge in [-0.3, -0.25) is 24.0 Å². The largest absolute Gasteiger partial charge is 0.347 e. The molecule has 44 heavy (non-hydrogen) atoms. The molecule has 0 bridgehead atoms. The van der Waals surface area contributed by atoms with Crippen molar-refractivity contribution in [2.75, 3.05) is 33.7 Å². The van der Waals surface area contributed by atoms with Crippen LogP contribution in [-0.2, 0) is 14.4 Å². The third-order valence-corrected chi connectivity index (χ3v) is 9.71. The van der Waals surface area contributed by atoms with E-state index in [0.29, 0.717) is 50.2 Å². The molecule has 2 heterocycles. The normalized spacial score (nSPS) is 27.7. The van der Waals surface area contributed by atoms with Gasteiger partial charge in [-0.25, -0.2) is 4.39 Å². The fourth-order valence-electron chi connectivity index (χ4n) is 6.98. The Morgan fingerprint density at radius 1 is 0.886 bits per heavy atom. The van der Waals surface area contributed by atoms with E-state index in [-0.39, 0.29) is 64.3 Å². The van der Waals surface area contributed by atoms with Gasteiger partial charge in [-0.15, -0.1) is 12.4 Å². The number of likely N-dealkylation sites (N-methyl/N-ethyl adjacent to an activating group) is 1. The van der Waals surface area contributed by atoms with Crippen molar-refractivity contribution in [1.29, 1.82) is 0 Å².